The lowest BCUT2D eigenvalue weighted by Crippen LogP contribution is -2.40. The Bertz CT molecular complexity index is 763. The monoisotopic (exact) mass is 398 g/mol. The smallest absolute Gasteiger partial charge is 0.163 e. The van der Waals surface area contributed by atoms with Gasteiger partial charge in [-0.15, -0.1) is 0 Å². The van der Waals surface area contributed by atoms with Gasteiger partial charge < -0.3 is 15.0 Å². The molecule has 7 heteroatoms. The molecular formula is C22H34N6O. The van der Waals surface area contributed by atoms with Crippen molar-refractivity contribution < 1.29 is 4.74 Å². The molecule has 29 heavy (non-hydrogen) atoms. The van der Waals surface area contributed by atoms with Crippen molar-refractivity contribution in [1.29, 1.82) is 0 Å². The summed E-state index contributed by atoms with van der Waals surface area (Å²) in [6.45, 7) is 16.0. The average molecular weight is 399 g/mol. The van der Waals surface area contributed by atoms with E-state index in [9.17, 15) is 0 Å². The maximum Gasteiger partial charge on any atom is 0.163 e. The molecule has 0 saturated carbocycles. The Balaban J connectivity index is 1.67. The zero-order valence-corrected chi connectivity index (χ0v) is 18.4. The molecule has 1 fully saturated rings. The van der Waals surface area contributed by atoms with Gasteiger partial charge in [0.15, 0.2) is 5.82 Å². The predicted molar refractivity (Wildman–Crippen MR) is 118 cm³/mol. The molecule has 2 aromatic heterocycles. The molecule has 3 heterocycles. The maximum absolute atomic E-state index is 5.41. The molecule has 1 aliphatic rings. The number of morpholine rings is 1. The number of rotatable bonds is 8. The fourth-order valence-corrected chi connectivity index (χ4v) is 3.71. The summed E-state index contributed by atoms with van der Waals surface area (Å²) in [6, 6.07) is 7.14. The number of anilines is 2. The highest BCUT2D eigenvalue weighted by atomic mass is 16.5. The van der Waals surface area contributed by atoms with Crippen LogP contribution >= 0.6 is 0 Å². The summed E-state index contributed by atoms with van der Waals surface area (Å²) in [7, 11) is 0. The van der Waals surface area contributed by atoms with Gasteiger partial charge in [-0.1, -0.05) is 0 Å². The Kier molecular flexibility index (Phi) is 7.39. The van der Waals surface area contributed by atoms with E-state index in [4.69, 9.17) is 9.72 Å². The van der Waals surface area contributed by atoms with E-state index < -0.39 is 0 Å². The number of nitrogens with one attached hydrogen (secondary N) is 1. The lowest BCUT2D eigenvalue weighted by atomic mass is 10.2. The van der Waals surface area contributed by atoms with E-state index in [1.54, 1.807) is 0 Å². The highest BCUT2D eigenvalue weighted by molar-refractivity contribution is 5.58. The minimum absolute atomic E-state index is 0.524. The second-order valence-electron chi connectivity index (χ2n) is 8.07. The highest BCUT2D eigenvalue weighted by Crippen LogP contribution is 2.20. The van der Waals surface area contributed by atoms with Crippen LogP contribution in [-0.2, 0) is 4.74 Å². The Morgan fingerprint density at radius 2 is 1.83 bits per heavy atom. The molecule has 2 aromatic rings. The Morgan fingerprint density at radius 1 is 1.10 bits per heavy atom. The standard InChI is InChI=1S/C22H34N6O/c1-16(2)28(17(3)4)9-8-23-20-14-18(5)25-22(26-20)19-6-7-21(24-15-19)27-10-12-29-13-11-27/h6-7,14-17H,8-13H2,1-5H3,(H,23,25,26). The third-order valence-corrected chi connectivity index (χ3v) is 5.20. The number of ether oxygens (including phenoxy) is 1. The molecule has 0 bridgehead atoms. The van der Waals surface area contributed by atoms with Crippen LogP contribution in [0.1, 0.15) is 33.4 Å². The molecule has 1 aliphatic heterocycles. The zero-order valence-electron chi connectivity index (χ0n) is 18.4. The van der Waals surface area contributed by atoms with Crippen LogP contribution in [0.25, 0.3) is 11.4 Å². The van der Waals surface area contributed by atoms with E-state index >= 15 is 0 Å². The Labute approximate surface area is 174 Å². The van der Waals surface area contributed by atoms with Crippen molar-refractivity contribution >= 4 is 11.6 Å². The van der Waals surface area contributed by atoms with Gasteiger partial charge in [-0.2, -0.15) is 0 Å². The van der Waals surface area contributed by atoms with Crippen LogP contribution in [0, 0.1) is 6.92 Å². The van der Waals surface area contributed by atoms with Crippen molar-refractivity contribution in [3.05, 3.63) is 30.1 Å². The van der Waals surface area contributed by atoms with Crippen LogP contribution < -0.4 is 10.2 Å². The lowest BCUT2D eigenvalue weighted by Gasteiger charge is -2.30. The largest absolute Gasteiger partial charge is 0.378 e. The lowest BCUT2D eigenvalue weighted by molar-refractivity contribution is 0.122. The molecule has 3 rings (SSSR count). The van der Waals surface area contributed by atoms with Gasteiger partial charge in [-0.3, -0.25) is 4.90 Å². The Morgan fingerprint density at radius 3 is 2.45 bits per heavy atom. The molecular weight excluding hydrogens is 364 g/mol. The third-order valence-electron chi connectivity index (χ3n) is 5.20. The summed E-state index contributed by atoms with van der Waals surface area (Å²) < 4.78 is 5.41. The molecule has 0 radical (unpaired) electrons. The van der Waals surface area contributed by atoms with Crippen LogP contribution in [0.5, 0.6) is 0 Å². The highest BCUT2D eigenvalue weighted by Gasteiger charge is 2.14. The SMILES string of the molecule is Cc1cc(NCCN(C(C)C)C(C)C)nc(-c2ccc(N3CCOCC3)nc2)n1. The second kappa shape index (κ2) is 9.98. The normalized spacial score (nSPS) is 14.8. The maximum atomic E-state index is 5.41. The van der Waals surface area contributed by atoms with Gasteiger partial charge >= 0.3 is 0 Å². The summed E-state index contributed by atoms with van der Waals surface area (Å²) in [4.78, 5) is 18.7. The molecule has 1 saturated heterocycles. The number of hydrogen-bond acceptors (Lipinski definition) is 7. The summed E-state index contributed by atoms with van der Waals surface area (Å²) in [5, 5.41) is 3.46. The van der Waals surface area contributed by atoms with E-state index in [0.717, 1.165) is 62.3 Å². The number of hydrogen-bond donors (Lipinski definition) is 1. The first-order chi connectivity index (χ1) is 13.9. The summed E-state index contributed by atoms with van der Waals surface area (Å²) in [5.41, 5.74) is 1.87. The predicted octanol–water partition coefficient (Wildman–Crippen LogP) is 3.21. The molecule has 7 nitrogen and oxygen atoms in total. The van der Waals surface area contributed by atoms with Crippen molar-refractivity contribution in [3.8, 4) is 11.4 Å². The fourth-order valence-electron chi connectivity index (χ4n) is 3.71. The van der Waals surface area contributed by atoms with Crippen LogP contribution in [0.2, 0.25) is 0 Å². The number of aromatic nitrogens is 3. The number of pyridine rings is 1. The molecule has 0 atom stereocenters. The first-order valence-electron chi connectivity index (χ1n) is 10.6. The fraction of sp³-hybridized carbons (Fsp3) is 0.591. The molecule has 0 aliphatic carbocycles. The van der Waals surface area contributed by atoms with Crippen LogP contribution in [0.15, 0.2) is 24.4 Å². The minimum atomic E-state index is 0.524. The van der Waals surface area contributed by atoms with Gasteiger partial charge in [0.25, 0.3) is 0 Å². The van der Waals surface area contributed by atoms with Gasteiger partial charge in [0.05, 0.1) is 13.2 Å². The van der Waals surface area contributed by atoms with E-state index in [0.29, 0.717) is 17.9 Å². The van der Waals surface area contributed by atoms with Crippen molar-refractivity contribution in [1.82, 2.24) is 19.9 Å². The van der Waals surface area contributed by atoms with Crippen LogP contribution in [-0.4, -0.2) is 71.3 Å². The first kappa shape index (κ1) is 21.5. The molecule has 0 amide bonds. The van der Waals surface area contributed by atoms with Crippen molar-refractivity contribution in [3.63, 3.8) is 0 Å². The van der Waals surface area contributed by atoms with Gasteiger partial charge in [-0.25, -0.2) is 15.0 Å². The van der Waals surface area contributed by atoms with E-state index in [-0.39, 0.29) is 0 Å². The topological polar surface area (TPSA) is 66.4 Å². The minimum Gasteiger partial charge on any atom is -0.378 e. The van der Waals surface area contributed by atoms with Crippen LogP contribution in [0.3, 0.4) is 0 Å². The molecule has 0 spiro atoms. The molecule has 0 aromatic carbocycles. The average Bonchev–Trinajstić information content (AvgIpc) is 2.71. The van der Waals surface area contributed by atoms with Crippen molar-refractivity contribution in [2.75, 3.05) is 49.6 Å². The summed E-state index contributed by atoms with van der Waals surface area (Å²) >= 11 is 0. The van der Waals surface area contributed by atoms with Crippen LogP contribution in [0.4, 0.5) is 11.6 Å². The van der Waals surface area contributed by atoms with E-state index in [1.165, 1.54) is 0 Å². The number of aryl methyl sites for hydroxylation is 1. The van der Waals surface area contributed by atoms with Gasteiger partial charge in [0.1, 0.15) is 11.6 Å². The van der Waals surface area contributed by atoms with Gasteiger partial charge in [0.2, 0.25) is 0 Å². The third kappa shape index (κ3) is 5.87. The summed E-state index contributed by atoms with van der Waals surface area (Å²) in [6.07, 6.45) is 1.86. The van der Waals surface area contributed by atoms with E-state index in [1.807, 2.05) is 25.3 Å². The molecule has 0 unspecified atom stereocenters. The second-order valence-corrected chi connectivity index (χ2v) is 8.07. The van der Waals surface area contributed by atoms with E-state index in [2.05, 4.69) is 58.8 Å². The quantitative estimate of drug-likeness (QED) is 0.732. The molecule has 1 N–H and O–H groups in total. The zero-order chi connectivity index (χ0) is 20.8. The van der Waals surface area contributed by atoms with Crippen molar-refractivity contribution in [2.45, 2.75) is 46.7 Å². The summed E-state index contributed by atoms with van der Waals surface area (Å²) in [5.74, 6) is 2.54. The van der Waals surface area contributed by atoms with Crippen molar-refractivity contribution in [2.24, 2.45) is 0 Å². The number of nitrogens with zero attached hydrogens (tertiary/aromatic N) is 5. The first-order valence-corrected chi connectivity index (χ1v) is 10.6. The Hall–Kier alpha value is -2.25. The van der Waals surface area contributed by atoms with Gasteiger partial charge in [0, 0.05) is 61.8 Å². The molecule has 158 valence electrons. The van der Waals surface area contributed by atoms with Gasteiger partial charge in [-0.05, 0) is 46.8 Å².